The van der Waals surface area contributed by atoms with E-state index in [2.05, 4.69) is 15.5 Å². The summed E-state index contributed by atoms with van der Waals surface area (Å²) in [6.45, 7) is 2.10. The van der Waals surface area contributed by atoms with Crippen LogP contribution in [0, 0.1) is 5.82 Å². The summed E-state index contributed by atoms with van der Waals surface area (Å²) in [5, 5.41) is 6.62. The van der Waals surface area contributed by atoms with Crippen LogP contribution in [-0.2, 0) is 27.2 Å². The van der Waals surface area contributed by atoms with Crippen molar-refractivity contribution in [1.82, 2.24) is 10.1 Å². The summed E-state index contributed by atoms with van der Waals surface area (Å²) in [4.78, 5) is 27.8. The van der Waals surface area contributed by atoms with Gasteiger partial charge in [-0.2, -0.15) is 4.98 Å². The summed E-state index contributed by atoms with van der Waals surface area (Å²) in [7, 11) is 0. The first kappa shape index (κ1) is 20.2. The average Bonchev–Trinajstić information content (AvgIpc) is 3.18. The summed E-state index contributed by atoms with van der Waals surface area (Å²) < 4.78 is 23.0. The van der Waals surface area contributed by atoms with Gasteiger partial charge >= 0.3 is 5.97 Å². The number of hydrogen-bond donors (Lipinski definition) is 1. The third-order valence-electron chi connectivity index (χ3n) is 4.03. The zero-order valence-electron chi connectivity index (χ0n) is 15.9. The lowest BCUT2D eigenvalue weighted by molar-refractivity contribution is -0.142. The second-order valence-electron chi connectivity index (χ2n) is 6.25. The van der Waals surface area contributed by atoms with Gasteiger partial charge in [0.25, 0.3) is 0 Å². The van der Waals surface area contributed by atoms with Gasteiger partial charge in [0.1, 0.15) is 5.82 Å². The van der Waals surface area contributed by atoms with Crippen molar-refractivity contribution in [3.05, 3.63) is 65.8 Å². The van der Waals surface area contributed by atoms with E-state index in [1.54, 1.807) is 43.3 Å². The third-order valence-corrected chi connectivity index (χ3v) is 4.03. The molecule has 3 aromatic rings. The van der Waals surface area contributed by atoms with Crippen molar-refractivity contribution in [2.24, 2.45) is 0 Å². The maximum atomic E-state index is 13.0. The Morgan fingerprint density at radius 2 is 1.83 bits per heavy atom. The topological polar surface area (TPSA) is 94.3 Å². The minimum absolute atomic E-state index is 0.162. The fourth-order valence-electron chi connectivity index (χ4n) is 2.60. The quantitative estimate of drug-likeness (QED) is 0.584. The number of nitrogens with one attached hydrogen (secondary N) is 1. The fourth-order valence-corrected chi connectivity index (χ4v) is 2.60. The number of esters is 1. The molecule has 1 aromatic heterocycles. The van der Waals surface area contributed by atoms with Crippen LogP contribution in [0.2, 0.25) is 0 Å². The van der Waals surface area contributed by atoms with Crippen LogP contribution in [0.15, 0.2) is 53.1 Å². The van der Waals surface area contributed by atoms with Crippen LogP contribution in [-0.4, -0.2) is 28.6 Å². The number of ether oxygens (including phenoxy) is 1. The molecule has 2 aromatic carbocycles. The normalized spacial score (nSPS) is 10.6. The molecule has 0 fully saturated rings. The third kappa shape index (κ3) is 5.97. The molecule has 0 spiro atoms. The summed E-state index contributed by atoms with van der Waals surface area (Å²) in [6.07, 6.45) is 0.631. The zero-order chi connectivity index (χ0) is 20.6. The Hall–Kier alpha value is -3.55. The molecule has 0 radical (unpaired) electrons. The highest BCUT2D eigenvalue weighted by atomic mass is 19.1. The molecule has 29 heavy (non-hydrogen) atoms. The maximum Gasteiger partial charge on any atom is 0.310 e. The summed E-state index contributed by atoms with van der Waals surface area (Å²) in [6, 6.07) is 12.7. The van der Waals surface area contributed by atoms with Crippen LogP contribution >= 0.6 is 0 Å². The van der Waals surface area contributed by atoms with E-state index in [9.17, 15) is 14.0 Å². The van der Waals surface area contributed by atoms with E-state index in [4.69, 9.17) is 9.26 Å². The van der Waals surface area contributed by atoms with Gasteiger partial charge in [-0.25, -0.2) is 4.39 Å². The maximum absolute atomic E-state index is 13.0. The van der Waals surface area contributed by atoms with Gasteiger partial charge in [0, 0.05) is 24.1 Å². The lowest BCUT2D eigenvalue weighted by Gasteiger charge is -2.06. The van der Waals surface area contributed by atoms with Crippen LogP contribution in [0.3, 0.4) is 0 Å². The number of aromatic nitrogens is 2. The van der Waals surface area contributed by atoms with Crippen molar-refractivity contribution >= 4 is 17.6 Å². The highest BCUT2D eigenvalue weighted by Gasteiger charge is 2.11. The molecular weight excluding hydrogens is 377 g/mol. The number of amides is 1. The lowest BCUT2D eigenvalue weighted by atomic mass is 10.1. The Morgan fingerprint density at radius 3 is 2.52 bits per heavy atom. The predicted octanol–water partition coefficient (Wildman–Crippen LogP) is 3.55. The van der Waals surface area contributed by atoms with Gasteiger partial charge < -0.3 is 14.6 Å². The number of rotatable bonds is 8. The molecule has 1 amide bonds. The van der Waals surface area contributed by atoms with Crippen LogP contribution in [0.5, 0.6) is 0 Å². The zero-order valence-corrected chi connectivity index (χ0v) is 15.9. The molecule has 1 heterocycles. The molecule has 150 valence electrons. The van der Waals surface area contributed by atoms with Gasteiger partial charge in [-0.3, -0.25) is 9.59 Å². The molecule has 0 aliphatic heterocycles. The van der Waals surface area contributed by atoms with Gasteiger partial charge in [0.05, 0.1) is 13.0 Å². The van der Waals surface area contributed by atoms with Crippen molar-refractivity contribution in [1.29, 1.82) is 0 Å². The number of hydrogen-bond acceptors (Lipinski definition) is 6. The van der Waals surface area contributed by atoms with Gasteiger partial charge in [-0.1, -0.05) is 17.3 Å². The van der Waals surface area contributed by atoms with Crippen LogP contribution in [0.1, 0.15) is 24.8 Å². The van der Waals surface area contributed by atoms with Gasteiger partial charge in [-0.05, 0) is 48.9 Å². The molecule has 0 saturated heterocycles. The van der Waals surface area contributed by atoms with Gasteiger partial charge in [0.15, 0.2) is 0 Å². The standard InChI is InChI=1S/C21H20FN3O4/c1-2-28-20(27)13-14-3-9-17(10-4-14)23-18(26)11-12-19-24-21(25-29-19)15-5-7-16(22)8-6-15/h3-10H,2,11-13H2,1H3,(H,23,26). The van der Waals surface area contributed by atoms with Crippen molar-refractivity contribution in [2.75, 3.05) is 11.9 Å². The van der Waals surface area contributed by atoms with Crippen LogP contribution in [0.4, 0.5) is 10.1 Å². The predicted molar refractivity (Wildman–Crippen MR) is 103 cm³/mol. The highest BCUT2D eigenvalue weighted by Crippen LogP contribution is 2.17. The Kier molecular flexibility index (Phi) is 6.67. The van der Waals surface area contributed by atoms with Gasteiger partial charge in [0.2, 0.25) is 17.6 Å². The first-order valence-corrected chi connectivity index (χ1v) is 9.16. The van der Waals surface area contributed by atoms with Gasteiger partial charge in [-0.15, -0.1) is 0 Å². The fraction of sp³-hybridized carbons (Fsp3) is 0.238. The monoisotopic (exact) mass is 397 g/mol. The van der Waals surface area contributed by atoms with Crippen molar-refractivity contribution in [3.8, 4) is 11.4 Å². The SMILES string of the molecule is CCOC(=O)Cc1ccc(NC(=O)CCc2nc(-c3ccc(F)cc3)no2)cc1. The number of halogens is 1. The summed E-state index contributed by atoms with van der Waals surface area (Å²) >= 11 is 0. The molecule has 0 atom stereocenters. The minimum atomic E-state index is -0.344. The van der Waals surface area contributed by atoms with E-state index in [0.717, 1.165) is 5.56 Å². The van der Waals surface area contributed by atoms with E-state index in [1.807, 2.05) is 0 Å². The highest BCUT2D eigenvalue weighted by molar-refractivity contribution is 5.90. The van der Waals surface area contributed by atoms with E-state index in [1.165, 1.54) is 12.1 Å². The minimum Gasteiger partial charge on any atom is -0.466 e. The average molecular weight is 397 g/mol. The number of nitrogens with zero attached hydrogens (tertiary/aromatic N) is 2. The number of carbonyl (C=O) groups is 2. The Morgan fingerprint density at radius 1 is 1.10 bits per heavy atom. The van der Waals surface area contributed by atoms with E-state index in [-0.39, 0.29) is 37.0 Å². The Bertz CT molecular complexity index is 968. The molecule has 8 heteroatoms. The Labute approximate surface area is 166 Å². The molecule has 0 aliphatic rings. The smallest absolute Gasteiger partial charge is 0.310 e. The number of benzene rings is 2. The molecule has 0 aliphatic carbocycles. The molecule has 0 saturated carbocycles. The van der Waals surface area contributed by atoms with Crippen LogP contribution in [0.25, 0.3) is 11.4 Å². The van der Waals surface area contributed by atoms with E-state index >= 15 is 0 Å². The second kappa shape index (κ2) is 9.59. The molecule has 1 N–H and O–H groups in total. The van der Waals surface area contributed by atoms with Crippen molar-refractivity contribution < 1.29 is 23.2 Å². The first-order valence-electron chi connectivity index (χ1n) is 9.16. The number of anilines is 1. The van der Waals surface area contributed by atoms with Crippen LogP contribution < -0.4 is 5.32 Å². The molecule has 0 unspecified atom stereocenters. The molecule has 0 bridgehead atoms. The number of carbonyl (C=O) groups excluding carboxylic acids is 2. The summed E-state index contributed by atoms with van der Waals surface area (Å²) in [5.41, 5.74) is 2.06. The summed E-state index contributed by atoms with van der Waals surface area (Å²) in [5.74, 6) is -0.168. The molecular formula is C21H20FN3O4. The first-order chi connectivity index (χ1) is 14.0. The lowest BCUT2D eigenvalue weighted by Crippen LogP contribution is -2.12. The molecule has 3 rings (SSSR count). The largest absolute Gasteiger partial charge is 0.466 e. The number of aryl methyl sites for hydroxylation is 1. The second-order valence-corrected chi connectivity index (χ2v) is 6.25. The van der Waals surface area contributed by atoms with E-state index in [0.29, 0.717) is 29.6 Å². The molecule has 7 nitrogen and oxygen atoms in total. The van der Waals surface area contributed by atoms with E-state index < -0.39 is 0 Å². The Balaban J connectivity index is 1.49. The van der Waals surface area contributed by atoms with Crippen molar-refractivity contribution in [3.63, 3.8) is 0 Å². The van der Waals surface area contributed by atoms with Crippen molar-refractivity contribution in [2.45, 2.75) is 26.2 Å².